The zero-order chi connectivity index (χ0) is 14.9. The van der Waals surface area contributed by atoms with Crippen molar-refractivity contribution in [2.24, 2.45) is 0 Å². The van der Waals surface area contributed by atoms with E-state index in [4.69, 9.17) is 17.0 Å². The van der Waals surface area contributed by atoms with Crippen molar-refractivity contribution in [3.05, 3.63) is 28.7 Å². The van der Waals surface area contributed by atoms with Gasteiger partial charge in [0.2, 0.25) is 0 Å². The summed E-state index contributed by atoms with van der Waals surface area (Å²) in [6.07, 6.45) is 1.64. The maximum Gasteiger partial charge on any atom is 0.266 e. The van der Waals surface area contributed by atoms with Crippen LogP contribution in [-0.2, 0) is 4.79 Å². The van der Waals surface area contributed by atoms with Crippen LogP contribution in [0.5, 0.6) is 11.5 Å². The Balaban J connectivity index is 2.38. The topological polar surface area (TPSA) is 49.8 Å². The monoisotopic (exact) mass is 309 g/mol. The Morgan fingerprint density at radius 1 is 1.45 bits per heavy atom. The van der Waals surface area contributed by atoms with Gasteiger partial charge >= 0.3 is 0 Å². The number of aromatic hydroxyl groups is 1. The molecule has 1 aliphatic heterocycles. The van der Waals surface area contributed by atoms with Crippen LogP contribution in [0.4, 0.5) is 0 Å². The van der Waals surface area contributed by atoms with Crippen molar-refractivity contribution < 1.29 is 14.6 Å². The largest absolute Gasteiger partial charge is 0.504 e. The lowest BCUT2D eigenvalue weighted by Crippen LogP contribution is -2.34. The van der Waals surface area contributed by atoms with Gasteiger partial charge < -0.3 is 9.84 Å². The molecule has 1 aliphatic rings. The van der Waals surface area contributed by atoms with E-state index in [0.717, 1.165) is 0 Å². The molecule has 1 amide bonds. The van der Waals surface area contributed by atoms with Gasteiger partial charge in [-0.2, -0.15) is 0 Å². The molecule has 0 spiro atoms. The Hall–Kier alpha value is -1.53. The predicted molar refractivity (Wildman–Crippen MR) is 84.8 cm³/mol. The maximum absolute atomic E-state index is 12.3. The number of carbonyl (C=O) groups is 1. The van der Waals surface area contributed by atoms with Crippen molar-refractivity contribution in [2.45, 2.75) is 19.9 Å². The first-order chi connectivity index (χ1) is 9.45. The second-order valence-corrected chi connectivity index (χ2v) is 6.22. The van der Waals surface area contributed by atoms with E-state index in [1.807, 2.05) is 13.8 Å². The summed E-state index contributed by atoms with van der Waals surface area (Å²) in [5, 5.41) is 10.0. The highest BCUT2D eigenvalue weighted by molar-refractivity contribution is 8.26. The summed E-state index contributed by atoms with van der Waals surface area (Å²) >= 11 is 6.45. The van der Waals surface area contributed by atoms with E-state index in [-0.39, 0.29) is 17.7 Å². The third-order valence-electron chi connectivity index (χ3n) is 2.88. The summed E-state index contributed by atoms with van der Waals surface area (Å²) in [6, 6.07) is 5.16. The van der Waals surface area contributed by atoms with Crippen LogP contribution in [0.2, 0.25) is 0 Å². The molecule has 1 aromatic rings. The van der Waals surface area contributed by atoms with E-state index in [1.54, 1.807) is 29.2 Å². The van der Waals surface area contributed by atoms with Gasteiger partial charge in [-0.15, -0.1) is 0 Å². The fourth-order valence-electron chi connectivity index (χ4n) is 1.89. The first-order valence-electron chi connectivity index (χ1n) is 6.08. The normalized spacial score (nSPS) is 17.4. The number of phenolic OH excluding ortho intramolecular Hbond substituents is 1. The number of rotatable bonds is 3. The number of benzene rings is 1. The predicted octanol–water partition coefficient (Wildman–Crippen LogP) is 3.01. The number of hydrogen-bond acceptors (Lipinski definition) is 5. The molecule has 1 aromatic carbocycles. The van der Waals surface area contributed by atoms with Crippen molar-refractivity contribution in [3.8, 4) is 11.5 Å². The minimum absolute atomic E-state index is 0.0183. The highest BCUT2D eigenvalue weighted by atomic mass is 32.2. The molecule has 1 heterocycles. The Kier molecular flexibility index (Phi) is 4.35. The quantitative estimate of drug-likeness (QED) is 0.687. The fourth-order valence-corrected chi connectivity index (χ4v) is 3.40. The van der Waals surface area contributed by atoms with E-state index in [1.165, 1.54) is 18.9 Å². The van der Waals surface area contributed by atoms with Gasteiger partial charge in [0.1, 0.15) is 4.32 Å². The third kappa shape index (κ3) is 2.66. The van der Waals surface area contributed by atoms with Crippen LogP contribution in [0.15, 0.2) is 23.1 Å². The molecule has 0 radical (unpaired) electrons. The number of thioether (sulfide) groups is 1. The molecule has 1 saturated heterocycles. The minimum Gasteiger partial charge on any atom is -0.504 e. The SMILES string of the molecule is COc1cccc(C=C2SC(=S)N(C(C)C)C2=O)c1O. The number of thiocarbonyl (C=S) groups is 1. The molecule has 6 heteroatoms. The molecule has 0 bridgehead atoms. The number of methoxy groups -OCH3 is 1. The van der Waals surface area contributed by atoms with Crippen LogP contribution in [0, 0.1) is 0 Å². The van der Waals surface area contributed by atoms with Crippen LogP contribution in [-0.4, -0.2) is 33.4 Å². The summed E-state index contributed by atoms with van der Waals surface area (Å²) < 4.78 is 5.59. The molecular formula is C14H15NO3S2. The number of ether oxygens (including phenoxy) is 1. The van der Waals surface area contributed by atoms with Gasteiger partial charge in [0.05, 0.1) is 12.0 Å². The number of para-hydroxylation sites is 1. The number of hydrogen-bond donors (Lipinski definition) is 1. The standard InChI is InChI=1S/C14H15NO3S2/c1-8(2)15-13(17)11(20-14(15)19)7-9-5-4-6-10(18-3)12(9)16/h4-8,16H,1-3H3. The Bertz CT molecular complexity index is 596. The van der Waals surface area contributed by atoms with E-state index in [2.05, 4.69) is 0 Å². The summed E-state index contributed by atoms with van der Waals surface area (Å²) in [7, 11) is 1.48. The number of phenols is 1. The maximum atomic E-state index is 12.3. The zero-order valence-electron chi connectivity index (χ0n) is 11.4. The van der Waals surface area contributed by atoms with Gasteiger partial charge in [-0.05, 0) is 26.0 Å². The average Bonchev–Trinajstić information content (AvgIpc) is 2.67. The summed E-state index contributed by atoms with van der Waals surface area (Å²) in [5.41, 5.74) is 0.536. The van der Waals surface area contributed by atoms with Crippen LogP contribution < -0.4 is 4.74 Å². The zero-order valence-corrected chi connectivity index (χ0v) is 13.0. The lowest BCUT2D eigenvalue weighted by Gasteiger charge is -2.18. The van der Waals surface area contributed by atoms with Crippen molar-refractivity contribution in [3.63, 3.8) is 0 Å². The first kappa shape index (κ1) is 14.9. The minimum atomic E-state index is -0.128. The smallest absolute Gasteiger partial charge is 0.266 e. The molecule has 2 rings (SSSR count). The highest BCUT2D eigenvalue weighted by Crippen LogP contribution is 2.37. The van der Waals surface area contributed by atoms with Gasteiger partial charge in [0.15, 0.2) is 11.5 Å². The molecule has 0 atom stereocenters. The molecular weight excluding hydrogens is 294 g/mol. The molecule has 20 heavy (non-hydrogen) atoms. The van der Waals surface area contributed by atoms with E-state index in [0.29, 0.717) is 20.5 Å². The molecule has 0 aliphatic carbocycles. The number of carbonyl (C=O) groups excluding carboxylic acids is 1. The van der Waals surface area contributed by atoms with Gasteiger partial charge in [-0.3, -0.25) is 9.69 Å². The molecule has 0 saturated carbocycles. The lowest BCUT2D eigenvalue weighted by molar-refractivity contribution is -0.123. The van der Waals surface area contributed by atoms with Crippen molar-refractivity contribution in [1.29, 1.82) is 0 Å². The number of amides is 1. The summed E-state index contributed by atoms with van der Waals surface area (Å²) in [5.74, 6) is 0.264. The first-order valence-corrected chi connectivity index (χ1v) is 7.31. The molecule has 0 unspecified atom stereocenters. The Morgan fingerprint density at radius 3 is 2.70 bits per heavy atom. The summed E-state index contributed by atoms with van der Waals surface area (Å²) in [6.45, 7) is 3.83. The van der Waals surface area contributed by atoms with E-state index < -0.39 is 0 Å². The number of nitrogens with zero attached hydrogens (tertiary/aromatic N) is 1. The molecule has 106 valence electrons. The molecule has 1 N–H and O–H groups in total. The fraction of sp³-hybridized carbons (Fsp3) is 0.286. The van der Waals surface area contributed by atoms with Crippen LogP contribution in [0.3, 0.4) is 0 Å². The van der Waals surface area contributed by atoms with Gasteiger partial charge in [0.25, 0.3) is 5.91 Å². The van der Waals surface area contributed by atoms with Gasteiger partial charge in [0, 0.05) is 11.6 Å². The average molecular weight is 309 g/mol. The van der Waals surface area contributed by atoms with Crippen LogP contribution in [0.1, 0.15) is 19.4 Å². The Morgan fingerprint density at radius 2 is 2.15 bits per heavy atom. The lowest BCUT2D eigenvalue weighted by atomic mass is 10.1. The molecule has 1 fully saturated rings. The van der Waals surface area contributed by atoms with Crippen LogP contribution in [0.25, 0.3) is 6.08 Å². The van der Waals surface area contributed by atoms with Crippen molar-refractivity contribution >= 4 is 40.3 Å². The second kappa shape index (κ2) is 5.85. The Labute approximate surface area is 127 Å². The van der Waals surface area contributed by atoms with Crippen molar-refractivity contribution in [2.75, 3.05) is 7.11 Å². The molecule has 4 nitrogen and oxygen atoms in total. The van der Waals surface area contributed by atoms with Crippen LogP contribution >= 0.6 is 24.0 Å². The highest BCUT2D eigenvalue weighted by Gasteiger charge is 2.33. The third-order valence-corrected chi connectivity index (χ3v) is 4.21. The van der Waals surface area contributed by atoms with Gasteiger partial charge in [-0.1, -0.05) is 36.1 Å². The molecule has 0 aromatic heterocycles. The van der Waals surface area contributed by atoms with Gasteiger partial charge in [-0.25, -0.2) is 0 Å². The second-order valence-electron chi connectivity index (χ2n) is 4.54. The van der Waals surface area contributed by atoms with E-state index in [9.17, 15) is 9.90 Å². The van der Waals surface area contributed by atoms with E-state index >= 15 is 0 Å². The summed E-state index contributed by atoms with van der Waals surface area (Å²) in [4.78, 5) is 14.3. The van der Waals surface area contributed by atoms with Crippen molar-refractivity contribution in [1.82, 2.24) is 4.90 Å².